The van der Waals surface area contributed by atoms with Crippen molar-refractivity contribution in [3.8, 4) is 0 Å². The van der Waals surface area contributed by atoms with E-state index in [1.807, 2.05) is 50.2 Å². The van der Waals surface area contributed by atoms with Crippen LogP contribution in [0.2, 0.25) is 0 Å². The highest BCUT2D eigenvalue weighted by Crippen LogP contribution is 2.22. The maximum atomic E-state index is 12.0. The molecule has 0 saturated heterocycles. The van der Waals surface area contributed by atoms with Crippen molar-refractivity contribution in [1.82, 2.24) is 15.6 Å². The molecule has 4 heteroatoms. The summed E-state index contributed by atoms with van der Waals surface area (Å²) < 4.78 is 0. The third kappa shape index (κ3) is 3.92. The molecule has 0 unspecified atom stereocenters. The van der Waals surface area contributed by atoms with E-state index in [0.717, 1.165) is 11.3 Å². The van der Waals surface area contributed by atoms with E-state index in [0.29, 0.717) is 6.54 Å². The van der Waals surface area contributed by atoms with E-state index in [1.165, 1.54) is 0 Å². The van der Waals surface area contributed by atoms with Crippen LogP contribution in [0, 0.1) is 5.41 Å². The van der Waals surface area contributed by atoms with Gasteiger partial charge in [-0.3, -0.25) is 9.78 Å². The summed E-state index contributed by atoms with van der Waals surface area (Å²) in [5, 5.41) is 6.20. The smallest absolute Gasteiger partial charge is 0.226 e. The number of aromatic nitrogens is 1. The zero-order chi connectivity index (χ0) is 16.0. The summed E-state index contributed by atoms with van der Waals surface area (Å²) in [6, 6.07) is 16.0. The van der Waals surface area contributed by atoms with Crippen LogP contribution in [0.15, 0.2) is 54.7 Å². The molecule has 1 heterocycles. The highest BCUT2D eigenvalue weighted by atomic mass is 16.2. The number of nitrogens with zero attached hydrogens (tertiary/aromatic N) is 1. The van der Waals surface area contributed by atoms with Gasteiger partial charge in [-0.2, -0.15) is 0 Å². The van der Waals surface area contributed by atoms with E-state index in [2.05, 4.69) is 27.8 Å². The second-order valence-corrected chi connectivity index (χ2v) is 5.94. The molecule has 2 aromatic rings. The highest BCUT2D eigenvalue weighted by Gasteiger charge is 2.28. The molecular formula is C18H23N3O. The van der Waals surface area contributed by atoms with Crippen LogP contribution in [0.4, 0.5) is 0 Å². The fourth-order valence-corrected chi connectivity index (χ4v) is 2.36. The average Bonchev–Trinajstić information content (AvgIpc) is 2.56. The number of benzene rings is 1. The van der Waals surface area contributed by atoms with Crippen LogP contribution in [0.1, 0.15) is 31.1 Å². The Hall–Kier alpha value is -2.20. The van der Waals surface area contributed by atoms with E-state index < -0.39 is 5.41 Å². The minimum Gasteiger partial charge on any atom is -0.359 e. The molecule has 22 heavy (non-hydrogen) atoms. The van der Waals surface area contributed by atoms with Gasteiger partial charge in [-0.25, -0.2) is 0 Å². The molecule has 0 aliphatic rings. The first kappa shape index (κ1) is 16.2. The molecule has 1 atom stereocenters. The number of carbonyl (C=O) groups excluding carboxylic acids is 1. The van der Waals surface area contributed by atoms with Gasteiger partial charge < -0.3 is 10.6 Å². The molecule has 2 N–H and O–H groups in total. The fourth-order valence-electron chi connectivity index (χ4n) is 2.36. The minimum atomic E-state index is -0.490. The van der Waals surface area contributed by atoms with E-state index in [9.17, 15) is 4.79 Å². The lowest BCUT2D eigenvalue weighted by atomic mass is 9.91. The van der Waals surface area contributed by atoms with E-state index >= 15 is 0 Å². The van der Waals surface area contributed by atoms with Gasteiger partial charge in [0.05, 0.1) is 17.2 Å². The summed E-state index contributed by atoms with van der Waals surface area (Å²) in [5.41, 5.74) is 1.59. The lowest BCUT2D eigenvalue weighted by Gasteiger charge is -2.27. The summed E-state index contributed by atoms with van der Waals surface area (Å²) in [7, 11) is 1.66. The van der Waals surface area contributed by atoms with Crippen LogP contribution in [0.5, 0.6) is 0 Å². The molecule has 1 aromatic carbocycles. The van der Waals surface area contributed by atoms with Crippen molar-refractivity contribution in [2.24, 2.45) is 5.41 Å². The lowest BCUT2D eigenvalue weighted by molar-refractivity contribution is -0.128. The van der Waals surface area contributed by atoms with Crippen molar-refractivity contribution in [1.29, 1.82) is 0 Å². The third-order valence-corrected chi connectivity index (χ3v) is 3.71. The summed E-state index contributed by atoms with van der Waals surface area (Å²) in [5.74, 6) is 0.0211. The summed E-state index contributed by atoms with van der Waals surface area (Å²) in [6.45, 7) is 4.42. The van der Waals surface area contributed by atoms with Gasteiger partial charge in [-0.1, -0.05) is 36.4 Å². The molecule has 0 radical (unpaired) electrons. The first-order valence-corrected chi connectivity index (χ1v) is 7.46. The Morgan fingerprint density at radius 2 is 1.82 bits per heavy atom. The largest absolute Gasteiger partial charge is 0.359 e. The van der Waals surface area contributed by atoms with Crippen molar-refractivity contribution in [3.05, 3.63) is 66.0 Å². The number of carbonyl (C=O) groups is 1. The second kappa shape index (κ2) is 7.18. The van der Waals surface area contributed by atoms with Crippen LogP contribution >= 0.6 is 0 Å². The normalized spacial score (nSPS) is 12.7. The number of pyridine rings is 1. The molecule has 116 valence electrons. The van der Waals surface area contributed by atoms with Crippen molar-refractivity contribution < 1.29 is 4.79 Å². The van der Waals surface area contributed by atoms with Crippen molar-refractivity contribution in [2.75, 3.05) is 13.6 Å². The molecular weight excluding hydrogens is 274 g/mol. The molecule has 0 aliphatic carbocycles. The molecule has 2 rings (SSSR count). The number of nitrogens with one attached hydrogen (secondary N) is 2. The van der Waals surface area contributed by atoms with Gasteiger partial charge in [-0.15, -0.1) is 0 Å². The van der Waals surface area contributed by atoms with E-state index in [1.54, 1.807) is 13.2 Å². The first-order valence-electron chi connectivity index (χ1n) is 7.46. The van der Waals surface area contributed by atoms with E-state index in [-0.39, 0.29) is 11.9 Å². The second-order valence-electron chi connectivity index (χ2n) is 5.94. The molecule has 1 amide bonds. The summed E-state index contributed by atoms with van der Waals surface area (Å²) in [4.78, 5) is 16.4. The van der Waals surface area contributed by atoms with Gasteiger partial charge in [-0.05, 0) is 31.5 Å². The molecule has 0 aliphatic heterocycles. The van der Waals surface area contributed by atoms with Crippen molar-refractivity contribution >= 4 is 5.91 Å². The maximum Gasteiger partial charge on any atom is 0.226 e. The molecule has 4 nitrogen and oxygen atoms in total. The van der Waals surface area contributed by atoms with Gasteiger partial charge in [0.1, 0.15) is 0 Å². The Morgan fingerprint density at radius 3 is 2.41 bits per heavy atom. The number of hydrogen-bond donors (Lipinski definition) is 2. The van der Waals surface area contributed by atoms with Crippen LogP contribution in [-0.4, -0.2) is 24.5 Å². The quantitative estimate of drug-likeness (QED) is 0.861. The number of amides is 1. The predicted octanol–water partition coefficient (Wildman–Crippen LogP) is 2.53. The van der Waals surface area contributed by atoms with Crippen molar-refractivity contribution in [3.63, 3.8) is 0 Å². The minimum absolute atomic E-state index is 0.0211. The monoisotopic (exact) mass is 297 g/mol. The topological polar surface area (TPSA) is 54.0 Å². The molecule has 1 aromatic heterocycles. The summed E-state index contributed by atoms with van der Waals surface area (Å²) in [6.07, 6.45) is 1.79. The maximum absolute atomic E-state index is 12.0. The van der Waals surface area contributed by atoms with Gasteiger partial charge in [0, 0.05) is 19.8 Å². The fraction of sp³-hybridized carbons (Fsp3) is 0.333. The van der Waals surface area contributed by atoms with Crippen LogP contribution in [0.3, 0.4) is 0 Å². The lowest BCUT2D eigenvalue weighted by Crippen LogP contribution is -2.43. The Labute approximate surface area is 132 Å². The van der Waals surface area contributed by atoms with Gasteiger partial charge in [0.15, 0.2) is 0 Å². The molecule has 0 bridgehead atoms. The van der Waals surface area contributed by atoms with Crippen LogP contribution in [-0.2, 0) is 4.79 Å². The van der Waals surface area contributed by atoms with Crippen LogP contribution in [0.25, 0.3) is 0 Å². The Morgan fingerprint density at radius 1 is 1.14 bits per heavy atom. The molecule has 0 saturated carbocycles. The van der Waals surface area contributed by atoms with E-state index in [4.69, 9.17) is 0 Å². The highest BCUT2D eigenvalue weighted by molar-refractivity contribution is 5.81. The zero-order valence-electron chi connectivity index (χ0n) is 13.3. The van der Waals surface area contributed by atoms with Gasteiger partial charge in [0.25, 0.3) is 0 Å². The SMILES string of the molecule is CNC(=O)C(C)(C)CN[C@H](c1ccccc1)c1ccccn1. The standard InChI is InChI=1S/C18H23N3O/c1-18(2,17(22)19-3)13-21-16(14-9-5-4-6-10-14)15-11-7-8-12-20-15/h4-12,16,21H,13H2,1-3H3,(H,19,22)/t16-/m1/s1. The molecule has 0 fully saturated rings. The zero-order valence-corrected chi connectivity index (χ0v) is 13.3. The average molecular weight is 297 g/mol. The number of rotatable bonds is 6. The van der Waals surface area contributed by atoms with Crippen LogP contribution < -0.4 is 10.6 Å². The Balaban J connectivity index is 2.22. The third-order valence-electron chi connectivity index (χ3n) is 3.71. The molecule has 0 spiro atoms. The van der Waals surface area contributed by atoms with Gasteiger partial charge in [0.2, 0.25) is 5.91 Å². The van der Waals surface area contributed by atoms with Crippen molar-refractivity contribution in [2.45, 2.75) is 19.9 Å². The Kier molecular flexibility index (Phi) is 5.28. The predicted molar refractivity (Wildman–Crippen MR) is 88.4 cm³/mol. The summed E-state index contributed by atoms with van der Waals surface area (Å²) >= 11 is 0. The van der Waals surface area contributed by atoms with Gasteiger partial charge >= 0.3 is 0 Å². The Bertz CT molecular complexity index is 557. The number of hydrogen-bond acceptors (Lipinski definition) is 3. The first-order chi connectivity index (χ1) is 10.5.